The summed E-state index contributed by atoms with van der Waals surface area (Å²) in [5, 5.41) is 8.72. The molecule has 0 radical (unpaired) electrons. The number of hydrogen-bond donors (Lipinski definition) is 0. The first kappa shape index (κ1) is 11.2. The maximum Gasteiger partial charge on any atom is 0.256 e. The molecule has 0 N–H and O–H groups in total. The van der Waals surface area contributed by atoms with Gasteiger partial charge in [0.1, 0.15) is 6.07 Å². The van der Waals surface area contributed by atoms with Crippen molar-refractivity contribution in [1.82, 2.24) is 4.90 Å². The number of hydrogen-bond acceptors (Lipinski definition) is 3. The highest BCUT2D eigenvalue weighted by molar-refractivity contribution is 5.94. The first-order chi connectivity index (χ1) is 7.20. The van der Waals surface area contributed by atoms with Crippen LogP contribution in [0.2, 0.25) is 0 Å². The Balaban J connectivity index is 2.82. The topological polar surface area (TPSA) is 53.3 Å². The van der Waals surface area contributed by atoms with Gasteiger partial charge in [-0.3, -0.25) is 4.79 Å². The summed E-state index contributed by atoms with van der Waals surface area (Å²) in [4.78, 5) is 13.1. The minimum absolute atomic E-state index is 0.232. The van der Waals surface area contributed by atoms with Gasteiger partial charge in [0.15, 0.2) is 0 Å². The van der Waals surface area contributed by atoms with Crippen molar-refractivity contribution in [3.8, 4) is 6.07 Å². The van der Waals surface area contributed by atoms with E-state index in [2.05, 4.69) is 0 Å². The summed E-state index contributed by atoms with van der Waals surface area (Å²) in [5.74, 6) is -0.232. The second-order valence-electron chi connectivity index (χ2n) is 3.00. The standard InChI is InChI=1S/C11H12N2O2/c1-13(10(8-12)15-2)11(14)9-6-4-3-5-7-9/h3-7,10H,1-2H3. The van der Waals surface area contributed by atoms with Crippen LogP contribution in [0, 0.1) is 11.3 Å². The number of nitriles is 1. The zero-order valence-corrected chi connectivity index (χ0v) is 8.68. The van der Waals surface area contributed by atoms with Gasteiger partial charge in [0.25, 0.3) is 5.91 Å². The van der Waals surface area contributed by atoms with Gasteiger partial charge >= 0.3 is 0 Å². The Hall–Kier alpha value is -1.86. The molecule has 0 heterocycles. The van der Waals surface area contributed by atoms with Crippen molar-refractivity contribution < 1.29 is 9.53 Å². The predicted molar refractivity (Wildman–Crippen MR) is 54.9 cm³/mol. The molecule has 0 spiro atoms. The molecule has 15 heavy (non-hydrogen) atoms. The van der Waals surface area contributed by atoms with E-state index in [9.17, 15) is 4.79 Å². The lowest BCUT2D eigenvalue weighted by atomic mass is 10.2. The Kier molecular flexibility index (Phi) is 3.83. The van der Waals surface area contributed by atoms with Crippen molar-refractivity contribution in [1.29, 1.82) is 5.26 Å². The first-order valence-corrected chi connectivity index (χ1v) is 4.45. The number of amides is 1. The maximum atomic E-state index is 11.8. The molecule has 1 rings (SSSR count). The minimum Gasteiger partial charge on any atom is -0.349 e. The molecule has 0 saturated heterocycles. The van der Waals surface area contributed by atoms with Crippen molar-refractivity contribution in [3.05, 3.63) is 35.9 Å². The summed E-state index contributed by atoms with van der Waals surface area (Å²) in [6.45, 7) is 0. The lowest BCUT2D eigenvalue weighted by molar-refractivity contribution is 0.0212. The molecular weight excluding hydrogens is 192 g/mol. The van der Waals surface area contributed by atoms with Crippen LogP contribution in [0.25, 0.3) is 0 Å². The quantitative estimate of drug-likeness (QED) is 0.696. The highest BCUT2D eigenvalue weighted by Gasteiger charge is 2.19. The monoisotopic (exact) mass is 204 g/mol. The first-order valence-electron chi connectivity index (χ1n) is 4.45. The molecule has 1 amide bonds. The van der Waals surface area contributed by atoms with Crippen LogP contribution < -0.4 is 0 Å². The molecule has 0 aliphatic carbocycles. The van der Waals surface area contributed by atoms with Gasteiger partial charge in [-0.05, 0) is 12.1 Å². The van der Waals surface area contributed by atoms with Crippen LogP contribution in [0.4, 0.5) is 0 Å². The smallest absolute Gasteiger partial charge is 0.256 e. The zero-order chi connectivity index (χ0) is 11.3. The Labute approximate surface area is 88.7 Å². The van der Waals surface area contributed by atoms with Gasteiger partial charge in [0, 0.05) is 19.7 Å². The van der Waals surface area contributed by atoms with Crippen molar-refractivity contribution in [2.45, 2.75) is 6.23 Å². The number of carbonyl (C=O) groups is 1. The zero-order valence-electron chi connectivity index (χ0n) is 8.68. The van der Waals surface area contributed by atoms with Crippen molar-refractivity contribution in [2.75, 3.05) is 14.2 Å². The van der Waals surface area contributed by atoms with Gasteiger partial charge in [-0.15, -0.1) is 0 Å². The minimum atomic E-state index is -0.849. The second kappa shape index (κ2) is 5.13. The van der Waals surface area contributed by atoms with E-state index in [-0.39, 0.29) is 5.91 Å². The number of carbonyl (C=O) groups excluding carboxylic acids is 1. The molecule has 0 saturated carbocycles. The third kappa shape index (κ3) is 2.55. The molecule has 78 valence electrons. The van der Waals surface area contributed by atoms with E-state index < -0.39 is 6.23 Å². The van der Waals surface area contributed by atoms with Crippen LogP contribution in [-0.4, -0.2) is 31.2 Å². The summed E-state index contributed by atoms with van der Waals surface area (Å²) >= 11 is 0. The Morgan fingerprint density at radius 2 is 2.07 bits per heavy atom. The number of ether oxygens (including phenoxy) is 1. The van der Waals surface area contributed by atoms with Gasteiger partial charge in [0.2, 0.25) is 6.23 Å². The van der Waals surface area contributed by atoms with Crippen LogP contribution in [0.15, 0.2) is 30.3 Å². The molecule has 0 aliphatic heterocycles. The molecule has 4 nitrogen and oxygen atoms in total. The van der Waals surface area contributed by atoms with Crippen LogP contribution in [0.5, 0.6) is 0 Å². The number of rotatable bonds is 3. The molecule has 1 aromatic carbocycles. The van der Waals surface area contributed by atoms with Crippen LogP contribution in [-0.2, 0) is 4.74 Å². The molecule has 0 aromatic heterocycles. The predicted octanol–water partition coefficient (Wildman–Crippen LogP) is 1.25. The largest absolute Gasteiger partial charge is 0.349 e. The third-order valence-electron chi connectivity index (χ3n) is 2.03. The fourth-order valence-corrected chi connectivity index (χ4v) is 1.19. The lowest BCUT2D eigenvalue weighted by Gasteiger charge is -2.21. The highest BCUT2D eigenvalue weighted by atomic mass is 16.5. The molecule has 1 atom stereocenters. The highest BCUT2D eigenvalue weighted by Crippen LogP contribution is 2.06. The number of benzene rings is 1. The van der Waals surface area contributed by atoms with Gasteiger partial charge in [-0.25, -0.2) is 0 Å². The van der Waals surface area contributed by atoms with Crippen LogP contribution in [0.1, 0.15) is 10.4 Å². The molecule has 4 heteroatoms. The van der Waals surface area contributed by atoms with E-state index in [4.69, 9.17) is 10.00 Å². The van der Waals surface area contributed by atoms with Gasteiger partial charge in [-0.2, -0.15) is 5.26 Å². The van der Waals surface area contributed by atoms with E-state index >= 15 is 0 Å². The Morgan fingerprint density at radius 3 is 2.53 bits per heavy atom. The normalized spacial score (nSPS) is 11.5. The van der Waals surface area contributed by atoms with Crippen LogP contribution >= 0.6 is 0 Å². The van der Waals surface area contributed by atoms with E-state index in [0.29, 0.717) is 5.56 Å². The van der Waals surface area contributed by atoms with E-state index in [1.165, 1.54) is 19.1 Å². The van der Waals surface area contributed by atoms with Crippen molar-refractivity contribution >= 4 is 5.91 Å². The number of nitrogens with zero attached hydrogens (tertiary/aromatic N) is 2. The van der Waals surface area contributed by atoms with Crippen molar-refractivity contribution in [3.63, 3.8) is 0 Å². The fourth-order valence-electron chi connectivity index (χ4n) is 1.19. The molecule has 1 aromatic rings. The fraction of sp³-hybridized carbons (Fsp3) is 0.273. The summed E-state index contributed by atoms with van der Waals surface area (Å²) < 4.78 is 4.85. The summed E-state index contributed by atoms with van der Waals surface area (Å²) in [6, 6.07) is 10.7. The SMILES string of the molecule is COC(C#N)N(C)C(=O)c1ccccc1. The van der Waals surface area contributed by atoms with Gasteiger partial charge in [-0.1, -0.05) is 18.2 Å². The second-order valence-corrected chi connectivity index (χ2v) is 3.00. The van der Waals surface area contributed by atoms with E-state index in [1.54, 1.807) is 24.3 Å². The van der Waals surface area contributed by atoms with Gasteiger partial charge in [0.05, 0.1) is 0 Å². The summed E-state index contributed by atoms with van der Waals surface area (Å²) in [6.07, 6.45) is -0.849. The average molecular weight is 204 g/mol. The third-order valence-corrected chi connectivity index (χ3v) is 2.03. The molecule has 1 unspecified atom stereocenters. The van der Waals surface area contributed by atoms with E-state index in [1.807, 2.05) is 12.1 Å². The van der Waals surface area contributed by atoms with Crippen LogP contribution in [0.3, 0.4) is 0 Å². The molecule has 0 aliphatic rings. The molecular formula is C11H12N2O2. The summed E-state index contributed by atoms with van der Waals surface area (Å²) in [7, 11) is 2.93. The Morgan fingerprint density at radius 1 is 1.47 bits per heavy atom. The maximum absolute atomic E-state index is 11.8. The molecule has 0 bridgehead atoms. The average Bonchev–Trinajstić information content (AvgIpc) is 2.30. The van der Waals surface area contributed by atoms with Crippen molar-refractivity contribution in [2.24, 2.45) is 0 Å². The Bertz CT molecular complexity index is 370. The molecule has 0 fully saturated rings. The van der Waals surface area contributed by atoms with E-state index in [0.717, 1.165) is 0 Å². The number of methoxy groups -OCH3 is 1. The van der Waals surface area contributed by atoms with Gasteiger partial charge < -0.3 is 9.64 Å². The lowest BCUT2D eigenvalue weighted by Crippen LogP contribution is -2.37. The summed E-state index contributed by atoms with van der Waals surface area (Å²) in [5.41, 5.74) is 0.539.